The van der Waals surface area contributed by atoms with Crippen molar-refractivity contribution in [2.45, 2.75) is 18.6 Å². The van der Waals surface area contributed by atoms with E-state index in [0.29, 0.717) is 33.1 Å². The van der Waals surface area contributed by atoms with Gasteiger partial charge in [-0.25, -0.2) is 4.99 Å². The fraction of sp³-hybridized carbons (Fsp3) is 0.211. The summed E-state index contributed by atoms with van der Waals surface area (Å²) in [4.78, 5) is 31.2. The summed E-state index contributed by atoms with van der Waals surface area (Å²) in [6.45, 7) is 2.34. The maximum absolute atomic E-state index is 12.6. The van der Waals surface area contributed by atoms with Crippen molar-refractivity contribution in [1.82, 2.24) is 4.90 Å². The molecule has 5 nitrogen and oxygen atoms in total. The molecule has 3 rings (SSSR count). The summed E-state index contributed by atoms with van der Waals surface area (Å²) in [5, 5.41) is 3.57. The average Bonchev–Trinajstić information content (AvgIpc) is 2.65. The maximum atomic E-state index is 12.6. The van der Waals surface area contributed by atoms with Crippen LogP contribution in [0.5, 0.6) is 0 Å². The lowest BCUT2D eigenvalue weighted by Crippen LogP contribution is -2.45. The van der Waals surface area contributed by atoms with Crippen molar-refractivity contribution < 1.29 is 9.59 Å². The van der Waals surface area contributed by atoms with E-state index >= 15 is 0 Å². The third kappa shape index (κ3) is 4.83. The quantitative estimate of drug-likeness (QED) is 0.757. The van der Waals surface area contributed by atoms with E-state index in [-0.39, 0.29) is 18.2 Å². The number of carbonyl (C=O) groups is 2. The highest BCUT2D eigenvalue weighted by Gasteiger charge is 2.35. The molecule has 2 amide bonds. The Morgan fingerprint density at radius 2 is 1.96 bits per heavy atom. The van der Waals surface area contributed by atoms with Crippen LogP contribution in [0.15, 0.2) is 53.5 Å². The van der Waals surface area contributed by atoms with Gasteiger partial charge in [0.1, 0.15) is 5.25 Å². The first-order valence-corrected chi connectivity index (χ1v) is 9.98. The molecule has 2 aromatic carbocycles. The molecule has 0 spiro atoms. The van der Waals surface area contributed by atoms with Gasteiger partial charge >= 0.3 is 0 Å². The Kier molecular flexibility index (Phi) is 6.42. The molecule has 1 N–H and O–H groups in total. The molecule has 0 aliphatic carbocycles. The maximum Gasteiger partial charge on any atom is 0.238 e. The second-order valence-electron chi connectivity index (χ2n) is 5.80. The van der Waals surface area contributed by atoms with Crippen LogP contribution in [-0.4, -0.2) is 33.7 Å². The standard InChI is InChI=1S/C19H17Cl2N3O2S/c1-2-24-17(25)11-16(18(26)22-12-6-4-3-5-7-12)27-19(24)23-13-8-9-14(20)15(21)10-13/h3-10,16H,2,11H2,1H3,(H,22,26). The van der Waals surface area contributed by atoms with Crippen molar-refractivity contribution in [1.29, 1.82) is 0 Å². The number of thioether (sulfide) groups is 1. The van der Waals surface area contributed by atoms with Crippen LogP contribution in [0.1, 0.15) is 13.3 Å². The van der Waals surface area contributed by atoms with Gasteiger partial charge < -0.3 is 5.32 Å². The highest BCUT2D eigenvalue weighted by atomic mass is 35.5. The number of aliphatic imine (C=N–C) groups is 1. The Morgan fingerprint density at radius 1 is 1.22 bits per heavy atom. The molecule has 1 saturated heterocycles. The number of carbonyl (C=O) groups excluding carboxylic acids is 2. The number of nitrogens with one attached hydrogen (secondary N) is 1. The Balaban J connectivity index is 1.83. The van der Waals surface area contributed by atoms with E-state index in [1.807, 2.05) is 25.1 Å². The molecule has 140 valence electrons. The number of benzene rings is 2. The van der Waals surface area contributed by atoms with Crippen molar-refractivity contribution >= 4 is 63.3 Å². The SMILES string of the molecule is CCN1C(=O)CC(C(=O)Nc2ccccc2)SC1=Nc1ccc(Cl)c(Cl)c1. The third-order valence-electron chi connectivity index (χ3n) is 3.92. The summed E-state index contributed by atoms with van der Waals surface area (Å²) in [6.07, 6.45) is 0.123. The topological polar surface area (TPSA) is 61.8 Å². The van der Waals surface area contributed by atoms with Crippen molar-refractivity contribution in [2.75, 3.05) is 11.9 Å². The van der Waals surface area contributed by atoms with Crippen LogP contribution in [0, 0.1) is 0 Å². The van der Waals surface area contributed by atoms with E-state index in [0.717, 1.165) is 0 Å². The van der Waals surface area contributed by atoms with E-state index < -0.39 is 5.25 Å². The largest absolute Gasteiger partial charge is 0.325 e. The number of rotatable bonds is 4. The molecule has 1 heterocycles. The highest BCUT2D eigenvalue weighted by Crippen LogP contribution is 2.32. The van der Waals surface area contributed by atoms with Gasteiger partial charge in [0.25, 0.3) is 0 Å². The lowest BCUT2D eigenvalue weighted by atomic mass is 10.2. The number of hydrogen-bond donors (Lipinski definition) is 1. The van der Waals surface area contributed by atoms with Crippen molar-refractivity contribution in [3.63, 3.8) is 0 Å². The van der Waals surface area contributed by atoms with Gasteiger partial charge in [0.05, 0.1) is 15.7 Å². The molecule has 0 aromatic heterocycles. The molecule has 1 unspecified atom stereocenters. The van der Waals surface area contributed by atoms with Gasteiger partial charge in [-0.15, -0.1) is 0 Å². The summed E-state index contributed by atoms with van der Waals surface area (Å²) in [6, 6.07) is 14.1. The third-order valence-corrected chi connectivity index (χ3v) is 5.84. The number of amides is 2. The summed E-state index contributed by atoms with van der Waals surface area (Å²) < 4.78 is 0. The normalized spacial score (nSPS) is 18.6. The van der Waals surface area contributed by atoms with Gasteiger partial charge in [0.2, 0.25) is 11.8 Å². The van der Waals surface area contributed by atoms with Crippen LogP contribution in [0.4, 0.5) is 11.4 Å². The zero-order valence-electron chi connectivity index (χ0n) is 14.5. The zero-order chi connectivity index (χ0) is 19.4. The summed E-state index contributed by atoms with van der Waals surface area (Å²) in [5.41, 5.74) is 1.26. The molecular weight excluding hydrogens is 405 g/mol. The fourth-order valence-corrected chi connectivity index (χ4v) is 4.02. The molecule has 1 aliphatic heterocycles. The van der Waals surface area contributed by atoms with Crippen LogP contribution in [0.3, 0.4) is 0 Å². The van der Waals surface area contributed by atoms with Crippen LogP contribution in [-0.2, 0) is 9.59 Å². The van der Waals surface area contributed by atoms with Crippen molar-refractivity contribution in [3.8, 4) is 0 Å². The molecule has 2 aromatic rings. The van der Waals surface area contributed by atoms with Crippen molar-refractivity contribution in [2.24, 2.45) is 4.99 Å². The van der Waals surface area contributed by atoms with Gasteiger partial charge in [0, 0.05) is 18.7 Å². The zero-order valence-corrected chi connectivity index (χ0v) is 16.8. The number of halogens is 2. The first-order chi connectivity index (χ1) is 13.0. The van der Waals surface area contributed by atoms with E-state index in [2.05, 4.69) is 10.3 Å². The summed E-state index contributed by atoms with van der Waals surface area (Å²) in [5.74, 6) is -0.361. The minimum Gasteiger partial charge on any atom is -0.325 e. The predicted octanol–water partition coefficient (Wildman–Crippen LogP) is 4.97. The molecule has 8 heteroatoms. The Bertz CT molecular complexity index is 890. The molecule has 1 aliphatic rings. The second kappa shape index (κ2) is 8.78. The predicted molar refractivity (Wildman–Crippen MR) is 112 cm³/mol. The van der Waals surface area contributed by atoms with Gasteiger partial charge in [-0.1, -0.05) is 53.2 Å². The molecule has 1 fully saturated rings. The monoisotopic (exact) mass is 421 g/mol. The molecular formula is C19H17Cl2N3O2S. The van der Waals surface area contributed by atoms with Crippen LogP contribution >= 0.6 is 35.0 Å². The van der Waals surface area contributed by atoms with E-state index in [9.17, 15) is 9.59 Å². The fourth-order valence-electron chi connectivity index (χ4n) is 2.56. The number of para-hydroxylation sites is 1. The van der Waals surface area contributed by atoms with Gasteiger partial charge in [0.15, 0.2) is 5.17 Å². The van der Waals surface area contributed by atoms with E-state index in [4.69, 9.17) is 23.2 Å². The minimum absolute atomic E-state index is 0.123. The number of nitrogens with zero attached hydrogens (tertiary/aromatic N) is 2. The van der Waals surface area contributed by atoms with Crippen molar-refractivity contribution in [3.05, 3.63) is 58.6 Å². The van der Waals surface area contributed by atoms with Gasteiger partial charge in [-0.3, -0.25) is 14.5 Å². The number of hydrogen-bond acceptors (Lipinski definition) is 4. The second-order valence-corrected chi connectivity index (χ2v) is 7.78. The minimum atomic E-state index is -0.554. The van der Waals surface area contributed by atoms with Crippen LogP contribution in [0.2, 0.25) is 10.0 Å². The molecule has 0 saturated carbocycles. The lowest BCUT2D eigenvalue weighted by Gasteiger charge is -2.30. The van der Waals surface area contributed by atoms with Crippen LogP contribution < -0.4 is 5.32 Å². The average molecular weight is 422 g/mol. The highest BCUT2D eigenvalue weighted by molar-refractivity contribution is 8.15. The van der Waals surface area contributed by atoms with E-state index in [1.165, 1.54) is 11.8 Å². The number of anilines is 1. The first-order valence-electron chi connectivity index (χ1n) is 8.34. The lowest BCUT2D eigenvalue weighted by molar-refractivity contribution is -0.129. The Morgan fingerprint density at radius 3 is 2.63 bits per heavy atom. The molecule has 0 radical (unpaired) electrons. The number of amidine groups is 1. The smallest absolute Gasteiger partial charge is 0.238 e. The summed E-state index contributed by atoms with van der Waals surface area (Å²) >= 11 is 13.3. The molecule has 0 bridgehead atoms. The summed E-state index contributed by atoms with van der Waals surface area (Å²) in [7, 11) is 0. The Labute approximate surface area is 171 Å². The Hall–Kier alpha value is -2.02. The van der Waals surface area contributed by atoms with Gasteiger partial charge in [-0.05, 0) is 37.3 Å². The first kappa shape index (κ1) is 19.7. The van der Waals surface area contributed by atoms with E-state index in [1.54, 1.807) is 35.2 Å². The molecule has 27 heavy (non-hydrogen) atoms. The molecule has 1 atom stereocenters. The van der Waals surface area contributed by atoms with Crippen LogP contribution in [0.25, 0.3) is 0 Å². The van der Waals surface area contributed by atoms with Gasteiger partial charge in [-0.2, -0.15) is 0 Å².